The normalized spacial score (nSPS) is 19.2. The van der Waals surface area contributed by atoms with Gasteiger partial charge >= 0.3 is 0 Å². The van der Waals surface area contributed by atoms with Crippen LogP contribution in [0.15, 0.2) is 28.8 Å². The number of nitrogens with two attached hydrogens (primary N) is 1. The molecule has 7 heteroatoms. The Kier molecular flexibility index (Phi) is 4.40. The van der Waals surface area contributed by atoms with Crippen molar-refractivity contribution in [1.29, 1.82) is 0 Å². The number of hydrogen-bond acceptors (Lipinski definition) is 5. The van der Waals surface area contributed by atoms with Crippen molar-refractivity contribution >= 4 is 17.5 Å². The lowest BCUT2D eigenvalue weighted by molar-refractivity contribution is -0.124. The van der Waals surface area contributed by atoms with Crippen molar-refractivity contribution in [3.8, 4) is 11.4 Å². The van der Waals surface area contributed by atoms with Crippen molar-refractivity contribution in [2.24, 2.45) is 5.73 Å². The van der Waals surface area contributed by atoms with Gasteiger partial charge in [0.05, 0.1) is 17.6 Å². The Morgan fingerprint density at radius 1 is 1.41 bits per heavy atom. The van der Waals surface area contributed by atoms with Crippen LogP contribution >= 0.6 is 11.6 Å². The summed E-state index contributed by atoms with van der Waals surface area (Å²) in [5.41, 5.74) is 6.19. The Morgan fingerprint density at radius 2 is 2.23 bits per heavy atom. The standard InChI is InChI=1S/C15H17ClN4O2/c16-11-6-2-1-5-10(11)15-18-13(22-19-15)9-20-8-4-3-7-12(20)14(17)21/h1-2,5-6,12H,3-4,7-9H2,(H2,17,21). The number of piperidine rings is 1. The van der Waals surface area contributed by atoms with Gasteiger partial charge in [-0.15, -0.1) is 0 Å². The molecule has 1 aromatic carbocycles. The van der Waals surface area contributed by atoms with E-state index in [4.69, 9.17) is 21.9 Å². The molecule has 1 fully saturated rings. The number of carbonyl (C=O) groups excluding carboxylic acids is 1. The number of rotatable bonds is 4. The molecule has 1 unspecified atom stereocenters. The maximum Gasteiger partial charge on any atom is 0.241 e. The highest BCUT2D eigenvalue weighted by Crippen LogP contribution is 2.25. The molecule has 2 N–H and O–H groups in total. The van der Waals surface area contributed by atoms with Gasteiger partial charge in [-0.2, -0.15) is 4.98 Å². The first-order chi connectivity index (χ1) is 10.6. The van der Waals surface area contributed by atoms with Crippen LogP contribution in [-0.2, 0) is 11.3 Å². The van der Waals surface area contributed by atoms with Crippen LogP contribution in [0.1, 0.15) is 25.2 Å². The maximum absolute atomic E-state index is 11.5. The lowest BCUT2D eigenvalue weighted by atomic mass is 10.0. The van der Waals surface area contributed by atoms with Crippen LogP contribution < -0.4 is 5.73 Å². The van der Waals surface area contributed by atoms with Crippen LogP contribution in [0, 0.1) is 0 Å². The second-order valence-corrected chi connectivity index (χ2v) is 5.78. The first kappa shape index (κ1) is 15.0. The SMILES string of the molecule is NC(=O)C1CCCCN1Cc1nc(-c2ccccc2Cl)no1. The van der Waals surface area contributed by atoms with Crippen molar-refractivity contribution in [3.05, 3.63) is 35.2 Å². The molecule has 1 aromatic heterocycles. The summed E-state index contributed by atoms with van der Waals surface area (Å²) < 4.78 is 5.29. The van der Waals surface area contributed by atoms with Gasteiger partial charge < -0.3 is 10.3 Å². The molecule has 0 saturated carbocycles. The quantitative estimate of drug-likeness (QED) is 0.933. The van der Waals surface area contributed by atoms with Crippen LogP contribution in [-0.4, -0.2) is 33.5 Å². The van der Waals surface area contributed by atoms with Gasteiger partial charge in [-0.25, -0.2) is 0 Å². The Bertz CT molecular complexity index is 673. The van der Waals surface area contributed by atoms with E-state index in [-0.39, 0.29) is 11.9 Å². The monoisotopic (exact) mass is 320 g/mol. The average Bonchev–Trinajstić information content (AvgIpc) is 2.96. The smallest absolute Gasteiger partial charge is 0.241 e. The summed E-state index contributed by atoms with van der Waals surface area (Å²) in [6.45, 7) is 1.22. The third-order valence-corrected chi connectivity index (χ3v) is 4.19. The Balaban J connectivity index is 1.77. The maximum atomic E-state index is 11.5. The van der Waals surface area contributed by atoms with Crippen molar-refractivity contribution in [1.82, 2.24) is 15.0 Å². The number of benzene rings is 1. The zero-order valence-corrected chi connectivity index (χ0v) is 12.8. The van der Waals surface area contributed by atoms with Crippen molar-refractivity contribution in [2.45, 2.75) is 31.8 Å². The fourth-order valence-electron chi connectivity index (χ4n) is 2.75. The summed E-state index contributed by atoms with van der Waals surface area (Å²) in [5, 5.41) is 4.54. The lowest BCUT2D eigenvalue weighted by Gasteiger charge is -2.32. The van der Waals surface area contributed by atoms with Gasteiger partial charge in [0.2, 0.25) is 17.6 Å². The molecule has 1 aliphatic rings. The molecule has 0 radical (unpaired) electrons. The van der Waals surface area contributed by atoms with Crippen molar-refractivity contribution < 1.29 is 9.32 Å². The molecular weight excluding hydrogens is 304 g/mol. The molecule has 0 aliphatic carbocycles. The second kappa shape index (κ2) is 6.46. The minimum Gasteiger partial charge on any atom is -0.368 e. The fraction of sp³-hybridized carbons (Fsp3) is 0.400. The first-order valence-electron chi connectivity index (χ1n) is 7.26. The minimum absolute atomic E-state index is 0.260. The molecule has 0 spiro atoms. The van der Waals surface area contributed by atoms with E-state index in [0.717, 1.165) is 31.4 Å². The molecule has 1 atom stereocenters. The molecule has 0 bridgehead atoms. The Morgan fingerprint density at radius 3 is 3.00 bits per heavy atom. The van der Waals surface area contributed by atoms with E-state index >= 15 is 0 Å². The first-order valence-corrected chi connectivity index (χ1v) is 7.64. The van der Waals surface area contributed by atoms with Gasteiger partial charge in [0.1, 0.15) is 0 Å². The second-order valence-electron chi connectivity index (χ2n) is 5.38. The van der Waals surface area contributed by atoms with E-state index in [9.17, 15) is 4.79 Å². The number of carbonyl (C=O) groups is 1. The molecular formula is C15H17ClN4O2. The summed E-state index contributed by atoms with van der Waals surface area (Å²) in [6.07, 6.45) is 2.83. The summed E-state index contributed by atoms with van der Waals surface area (Å²) in [5.74, 6) is 0.613. The number of hydrogen-bond donors (Lipinski definition) is 1. The summed E-state index contributed by atoms with van der Waals surface area (Å²) in [7, 11) is 0. The molecule has 2 aromatic rings. The van der Waals surface area contributed by atoms with Gasteiger partial charge in [-0.3, -0.25) is 9.69 Å². The van der Waals surface area contributed by atoms with Gasteiger partial charge in [0.25, 0.3) is 0 Å². The Hall–Kier alpha value is -1.92. The van der Waals surface area contributed by atoms with E-state index in [1.165, 1.54) is 0 Å². The lowest BCUT2D eigenvalue weighted by Crippen LogP contribution is -2.47. The van der Waals surface area contributed by atoms with Crippen LogP contribution in [0.25, 0.3) is 11.4 Å². The van der Waals surface area contributed by atoms with Gasteiger partial charge in [-0.05, 0) is 31.5 Å². The minimum atomic E-state index is -0.300. The molecule has 1 amide bonds. The predicted molar refractivity (Wildman–Crippen MR) is 82.0 cm³/mol. The molecule has 22 heavy (non-hydrogen) atoms. The zero-order valence-electron chi connectivity index (χ0n) is 12.0. The number of amides is 1. The van der Waals surface area contributed by atoms with Crippen LogP contribution in [0.4, 0.5) is 0 Å². The fourth-order valence-corrected chi connectivity index (χ4v) is 2.97. The van der Waals surface area contributed by atoms with Crippen molar-refractivity contribution in [3.63, 3.8) is 0 Å². The van der Waals surface area contributed by atoms with Gasteiger partial charge in [-0.1, -0.05) is 35.3 Å². The number of primary amides is 1. The van der Waals surface area contributed by atoms with Crippen LogP contribution in [0.5, 0.6) is 0 Å². The van der Waals surface area contributed by atoms with E-state index < -0.39 is 0 Å². The topological polar surface area (TPSA) is 85.3 Å². The zero-order chi connectivity index (χ0) is 15.5. The number of aromatic nitrogens is 2. The molecule has 2 heterocycles. The highest BCUT2D eigenvalue weighted by atomic mass is 35.5. The largest absolute Gasteiger partial charge is 0.368 e. The molecule has 1 aliphatic heterocycles. The highest BCUT2D eigenvalue weighted by Gasteiger charge is 2.28. The third kappa shape index (κ3) is 3.13. The third-order valence-electron chi connectivity index (χ3n) is 3.86. The molecule has 116 valence electrons. The number of nitrogens with zero attached hydrogens (tertiary/aromatic N) is 3. The van der Waals surface area contributed by atoms with E-state index in [1.54, 1.807) is 6.07 Å². The number of likely N-dealkylation sites (tertiary alicyclic amines) is 1. The Labute approximate surface area is 133 Å². The molecule has 3 rings (SSSR count). The summed E-state index contributed by atoms with van der Waals surface area (Å²) in [6, 6.07) is 7.07. The predicted octanol–water partition coefficient (Wildman–Crippen LogP) is 2.23. The summed E-state index contributed by atoms with van der Waals surface area (Å²) >= 11 is 6.13. The highest BCUT2D eigenvalue weighted by molar-refractivity contribution is 6.33. The van der Waals surface area contributed by atoms with Crippen LogP contribution in [0.3, 0.4) is 0 Å². The average molecular weight is 321 g/mol. The van der Waals surface area contributed by atoms with Crippen molar-refractivity contribution in [2.75, 3.05) is 6.54 Å². The van der Waals surface area contributed by atoms with E-state index in [1.807, 2.05) is 23.1 Å². The molecule has 1 saturated heterocycles. The van der Waals surface area contributed by atoms with E-state index in [0.29, 0.717) is 23.3 Å². The van der Waals surface area contributed by atoms with E-state index in [2.05, 4.69) is 10.1 Å². The van der Waals surface area contributed by atoms with Gasteiger partial charge in [0, 0.05) is 5.56 Å². The summed E-state index contributed by atoms with van der Waals surface area (Å²) in [4.78, 5) is 17.9. The van der Waals surface area contributed by atoms with Gasteiger partial charge in [0.15, 0.2) is 0 Å². The van der Waals surface area contributed by atoms with Crippen LogP contribution in [0.2, 0.25) is 5.02 Å². The number of halogens is 1. The molecule has 6 nitrogen and oxygen atoms in total.